The molecule has 0 aromatic heterocycles. The van der Waals surface area contributed by atoms with Gasteiger partial charge in [-0.25, -0.2) is 0 Å². The van der Waals surface area contributed by atoms with Gasteiger partial charge in [0.2, 0.25) is 0 Å². The van der Waals surface area contributed by atoms with Gasteiger partial charge in [-0.1, -0.05) is 0 Å². The molecular formula is C3H7N2. The molecule has 0 fully saturated rings. The largest absolute Gasteiger partial charge is 0.290 e. The van der Waals surface area contributed by atoms with Crippen molar-refractivity contribution < 1.29 is 0 Å². The Morgan fingerprint density at radius 3 is 2.60 bits per heavy atom. The van der Waals surface area contributed by atoms with Gasteiger partial charge in [0.1, 0.15) is 6.34 Å². The quantitative estimate of drug-likeness (QED) is 0.315. The fourth-order valence-corrected chi connectivity index (χ4v) is 0.0913. The van der Waals surface area contributed by atoms with Crippen LogP contribution in [-0.4, -0.2) is 12.9 Å². The lowest BCUT2D eigenvalue weighted by Gasteiger charge is -1.67. The summed E-state index contributed by atoms with van der Waals surface area (Å²) in [7, 11) is 0. The summed E-state index contributed by atoms with van der Waals surface area (Å²) in [5, 5.41) is 0. The third-order valence-corrected chi connectivity index (χ3v) is 0.274. The molecule has 0 heterocycles. The highest BCUT2D eigenvalue weighted by atomic mass is 14.8. The average molecular weight is 71.1 g/mol. The summed E-state index contributed by atoms with van der Waals surface area (Å²) in [5.74, 6) is 0. The van der Waals surface area contributed by atoms with Gasteiger partial charge in [0, 0.05) is 6.54 Å². The topological polar surface area (TPSA) is 36.2 Å². The zero-order valence-electron chi connectivity index (χ0n) is 3.23. The van der Waals surface area contributed by atoms with Crippen LogP contribution in [0.2, 0.25) is 0 Å². The predicted molar refractivity (Wildman–Crippen MR) is 22.1 cm³/mol. The van der Waals surface area contributed by atoms with Gasteiger partial charge in [-0.05, 0) is 6.92 Å². The van der Waals surface area contributed by atoms with Crippen LogP contribution in [0.1, 0.15) is 6.92 Å². The molecule has 0 spiro atoms. The molecule has 0 aliphatic rings. The van der Waals surface area contributed by atoms with Crippen molar-refractivity contribution in [2.45, 2.75) is 6.92 Å². The van der Waals surface area contributed by atoms with Crippen molar-refractivity contribution in [3.8, 4) is 0 Å². The highest BCUT2D eigenvalue weighted by molar-refractivity contribution is 5.49. The SMILES string of the molecule is CC/N=C/[NH]. The third-order valence-electron chi connectivity index (χ3n) is 0.274. The van der Waals surface area contributed by atoms with Crippen LogP contribution in [0, 0.1) is 0 Å². The Labute approximate surface area is 31.7 Å². The van der Waals surface area contributed by atoms with Crippen molar-refractivity contribution in [3.63, 3.8) is 0 Å². The van der Waals surface area contributed by atoms with Gasteiger partial charge < -0.3 is 0 Å². The van der Waals surface area contributed by atoms with Crippen LogP contribution in [0.15, 0.2) is 4.99 Å². The van der Waals surface area contributed by atoms with E-state index in [1.165, 1.54) is 0 Å². The van der Waals surface area contributed by atoms with Crippen LogP contribution in [0.25, 0.3) is 0 Å². The maximum atomic E-state index is 6.31. The summed E-state index contributed by atoms with van der Waals surface area (Å²) in [5.41, 5.74) is 6.31. The van der Waals surface area contributed by atoms with Crippen molar-refractivity contribution >= 4 is 6.34 Å². The van der Waals surface area contributed by atoms with E-state index in [-0.39, 0.29) is 0 Å². The van der Waals surface area contributed by atoms with Crippen molar-refractivity contribution in [1.29, 1.82) is 0 Å². The normalized spacial score (nSPS) is 9.80. The molecule has 0 bridgehead atoms. The van der Waals surface area contributed by atoms with Crippen LogP contribution in [-0.2, 0) is 0 Å². The maximum absolute atomic E-state index is 6.31. The third kappa shape index (κ3) is 3.47. The molecule has 0 unspecified atom stereocenters. The minimum absolute atomic E-state index is 0.726. The number of rotatable bonds is 1. The van der Waals surface area contributed by atoms with E-state index in [4.69, 9.17) is 5.73 Å². The number of aliphatic imine (C=N–C) groups is 1. The minimum atomic E-state index is 0.726. The van der Waals surface area contributed by atoms with Crippen molar-refractivity contribution in [2.75, 3.05) is 6.54 Å². The Hall–Kier alpha value is -0.530. The molecule has 0 aliphatic heterocycles. The zero-order chi connectivity index (χ0) is 4.12. The summed E-state index contributed by atoms with van der Waals surface area (Å²) < 4.78 is 0. The lowest BCUT2D eigenvalue weighted by atomic mass is 10.8. The van der Waals surface area contributed by atoms with Crippen LogP contribution >= 0.6 is 0 Å². The second-order valence-corrected chi connectivity index (χ2v) is 0.628. The molecule has 2 heteroatoms. The molecular weight excluding hydrogens is 64.0 g/mol. The van der Waals surface area contributed by atoms with Crippen LogP contribution in [0.3, 0.4) is 0 Å². The highest BCUT2D eigenvalue weighted by Gasteiger charge is 1.51. The van der Waals surface area contributed by atoms with Crippen LogP contribution in [0.5, 0.6) is 0 Å². The van der Waals surface area contributed by atoms with Gasteiger partial charge in [0.05, 0.1) is 0 Å². The molecule has 0 saturated heterocycles. The molecule has 0 rings (SSSR count). The smallest absolute Gasteiger partial charge is 0.101 e. The molecule has 0 aliphatic carbocycles. The van der Waals surface area contributed by atoms with Crippen molar-refractivity contribution in [3.05, 3.63) is 0 Å². The molecule has 0 aromatic carbocycles. The van der Waals surface area contributed by atoms with Crippen molar-refractivity contribution in [2.24, 2.45) is 4.99 Å². The molecule has 0 amide bonds. The molecule has 0 aromatic rings. The Morgan fingerprint density at radius 1 is 2.00 bits per heavy atom. The number of hydrogen-bond acceptors (Lipinski definition) is 1. The minimum Gasteiger partial charge on any atom is -0.290 e. The maximum Gasteiger partial charge on any atom is 0.101 e. The van der Waals surface area contributed by atoms with Crippen molar-refractivity contribution in [1.82, 2.24) is 5.73 Å². The van der Waals surface area contributed by atoms with Gasteiger partial charge >= 0.3 is 0 Å². The summed E-state index contributed by atoms with van der Waals surface area (Å²) in [6, 6.07) is 0. The summed E-state index contributed by atoms with van der Waals surface area (Å²) in [6.45, 7) is 2.62. The molecule has 5 heavy (non-hydrogen) atoms. The predicted octanol–water partition coefficient (Wildman–Crippen LogP) is 0.317. The number of nitrogens with zero attached hydrogens (tertiary/aromatic N) is 1. The van der Waals surface area contributed by atoms with Gasteiger partial charge in [-0.3, -0.25) is 10.7 Å². The van der Waals surface area contributed by atoms with Gasteiger partial charge in [0.25, 0.3) is 0 Å². The highest BCUT2D eigenvalue weighted by Crippen LogP contribution is 1.54. The van der Waals surface area contributed by atoms with Gasteiger partial charge in [-0.15, -0.1) is 0 Å². The first kappa shape index (κ1) is 4.47. The second kappa shape index (κ2) is 3.47. The molecule has 0 atom stereocenters. The lowest BCUT2D eigenvalue weighted by molar-refractivity contribution is 1.13. The van der Waals surface area contributed by atoms with E-state index in [2.05, 4.69) is 4.99 Å². The molecule has 29 valence electrons. The monoisotopic (exact) mass is 71.1 g/mol. The fourth-order valence-electron chi connectivity index (χ4n) is 0.0913. The van der Waals surface area contributed by atoms with Gasteiger partial charge in [0.15, 0.2) is 0 Å². The lowest BCUT2D eigenvalue weighted by Crippen LogP contribution is -1.70. The van der Waals surface area contributed by atoms with E-state index >= 15 is 0 Å². The van der Waals surface area contributed by atoms with E-state index in [1.54, 1.807) is 0 Å². The Morgan fingerprint density at radius 2 is 2.60 bits per heavy atom. The molecule has 0 saturated carbocycles. The molecule has 1 radical (unpaired) electrons. The fraction of sp³-hybridized carbons (Fsp3) is 0.667. The average Bonchev–Trinajstić information content (AvgIpc) is 1.41. The summed E-state index contributed by atoms with van der Waals surface area (Å²) in [6.07, 6.45) is 1.06. The van der Waals surface area contributed by atoms with Crippen LogP contribution in [0.4, 0.5) is 0 Å². The Balaban J connectivity index is 2.62. The standard InChI is InChI=1S/C3H7N2/c1-2-5-3-4/h3-4H,2H2,1H3/b5-3+. The van der Waals surface area contributed by atoms with E-state index in [1.807, 2.05) is 6.92 Å². The van der Waals surface area contributed by atoms with Gasteiger partial charge in [-0.2, -0.15) is 0 Å². The number of hydrogen-bond donors (Lipinski definition) is 0. The summed E-state index contributed by atoms with van der Waals surface area (Å²) in [4.78, 5) is 3.51. The first-order chi connectivity index (χ1) is 2.41. The van der Waals surface area contributed by atoms with E-state index in [0.29, 0.717) is 0 Å². The van der Waals surface area contributed by atoms with E-state index < -0.39 is 0 Å². The summed E-state index contributed by atoms with van der Waals surface area (Å²) >= 11 is 0. The van der Waals surface area contributed by atoms with Crippen LogP contribution < -0.4 is 5.73 Å². The molecule has 2 nitrogen and oxygen atoms in total. The Kier molecular flexibility index (Phi) is 3.10. The molecule has 1 N–H and O–H groups in total. The Bertz CT molecular complexity index is 31.9. The zero-order valence-corrected chi connectivity index (χ0v) is 3.23. The van der Waals surface area contributed by atoms with E-state index in [0.717, 1.165) is 12.9 Å². The number of nitrogens with one attached hydrogen (secondary N) is 1. The second-order valence-electron chi connectivity index (χ2n) is 0.628. The first-order valence-corrected chi connectivity index (χ1v) is 1.57. The first-order valence-electron chi connectivity index (χ1n) is 1.57. The van der Waals surface area contributed by atoms with E-state index in [9.17, 15) is 0 Å².